The van der Waals surface area contributed by atoms with Crippen molar-refractivity contribution in [1.29, 1.82) is 0 Å². The van der Waals surface area contributed by atoms with Crippen molar-refractivity contribution in [3.63, 3.8) is 0 Å². The molecular weight excluding hydrogens is 279 g/mol. The third kappa shape index (κ3) is 2.99. The Balaban J connectivity index is 2.39. The van der Waals surface area contributed by atoms with Gasteiger partial charge in [0.05, 0.1) is 10.0 Å². The molecule has 2 rings (SSSR count). The van der Waals surface area contributed by atoms with Crippen LogP contribution in [0.4, 0.5) is 0 Å². The zero-order chi connectivity index (χ0) is 13.8. The van der Waals surface area contributed by atoms with Gasteiger partial charge in [0.2, 0.25) is 0 Å². The van der Waals surface area contributed by atoms with E-state index in [1.54, 1.807) is 18.2 Å². The molecule has 0 saturated carbocycles. The smallest absolute Gasteiger partial charge is 0.171 e. The maximum Gasteiger partial charge on any atom is 0.171 e. The van der Waals surface area contributed by atoms with Gasteiger partial charge in [-0.25, -0.2) is 0 Å². The fourth-order valence-corrected chi connectivity index (χ4v) is 2.53. The van der Waals surface area contributed by atoms with Crippen molar-refractivity contribution < 1.29 is 4.79 Å². The van der Waals surface area contributed by atoms with Gasteiger partial charge in [0.15, 0.2) is 5.78 Å². The molecule has 98 valence electrons. The van der Waals surface area contributed by atoms with Gasteiger partial charge in [-0.15, -0.1) is 0 Å². The van der Waals surface area contributed by atoms with E-state index in [4.69, 9.17) is 23.2 Å². The molecule has 0 heterocycles. The van der Waals surface area contributed by atoms with Crippen molar-refractivity contribution >= 4 is 29.0 Å². The molecule has 0 aliphatic rings. The lowest BCUT2D eigenvalue weighted by atomic mass is 9.88. The Hall–Kier alpha value is -1.31. The van der Waals surface area contributed by atoms with Crippen LogP contribution < -0.4 is 0 Å². The third-order valence-electron chi connectivity index (χ3n) is 3.14. The zero-order valence-corrected chi connectivity index (χ0v) is 12.1. The first-order valence-electron chi connectivity index (χ1n) is 6.18. The lowest BCUT2D eigenvalue weighted by molar-refractivity contribution is 0.0957. The maximum absolute atomic E-state index is 12.6. The molecule has 3 heteroatoms. The number of rotatable bonds is 4. The molecular formula is C16H14Cl2O. The van der Waals surface area contributed by atoms with Crippen LogP contribution in [0.1, 0.15) is 35.2 Å². The van der Waals surface area contributed by atoms with Crippen LogP contribution in [0.25, 0.3) is 0 Å². The van der Waals surface area contributed by atoms with Gasteiger partial charge in [-0.3, -0.25) is 4.79 Å². The summed E-state index contributed by atoms with van der Waals surface area (Å²) in [6.07, 6.45) is 0.728. The predicted molar refractivity (Wildman–Crippen MR) is 80.3 cm³/mol. The molecule has 1 nitrogen and oxygen atoms in total. The van der Waals surface area contributed by atoms with E-state index in [-0.39, 0.29) is 11.7 Å². The van der Waals surface area contributed by atoms with E-state index in [0.717, 1.165) is 12.0 Å². The zero-order valence-electron chi connectivity index (χ0n) is 10.6. The first-order valence-corrected chi connectivity index (χ1v) is 6.94. The largest absolute Gasteiger partial charge is 0.293 e. The Labute approximate surface area is 123 Å². The van der Waals surface area contributed by atoms with Gasteiger partial charge in [-0.2, -0.15) is 0 Å². The van der Waals surface area contributed by atoms with E-state index in [1.807, 2.05) is 37.3 Å². The van der Waals surface area contributed by atoms with E-state index >= 15 is 0 Å². The number of hydrogen-bond acceptors (Lipinski definition) is 1. The average Bonchev–Trinajstić information content (AvgIpc) is 2.44. The molecule has 0 N–H and O–H groups in total. The molecule has 19 heavy (non-hydrogen) atoms. The molecule has 0 spiro atoms. The van der Waals surface area contributed by atoms with E-state index in [0.29, 0.717) is 15.6 Å². The SMILES string of the molecule is CCC(C(=O)c1cccc(Cl)c1Cl)c1ccccc1. The Morgan fingerprint density at radius 1 is 1.05 bits per heavy atom. The predicted octanol–water partition coefficient (Wildman–Crippen LogP) is 5.37. The van der Waals surface area contributed by atoms with Crippen molar-refractivity contribution in [3.8, 4) is 0 Å². The number of halogens is 2. The van der Waals surface area contributed by atoms with Crippen LogP contribution in [0.5, 0.6) is 0 Å². The minimum Gasteiger partial charge on any atom is -0.293 e. The van der Waals surface area contributed by atoms with Crippen molar-refractivity contribution in [2.75, 3.05) is 0 Å². The van der Waals surface area contributed by atoms with E-state index in [1.165, 1.54) is 0 Å². The van der Waals surface area contributed by atoms with Crippen LogP contribution in [0.15, 0.2) is 48.5 Å². The van der Waals surface area contributed by atoms with Crippen molar-refractivity contribution in [3.05, 3.63) is 69.7 Å². The summed E-state index contributed by atoms with van der Waals surface area (Å²) in [5, 5.41) is 0.749. The van der Waals surface area contributed by atoms with Crippen molar-refractivity contribution in [2.24, 2.45) is 0 Å². The summed E-state index contributed by atoms with van der Waals surface area (Å²) in [6, 6.07) is 14.9. The number of carbonyl (C=O) groups is 1. The normalized spacial score (nSPS) is 12.2. The summed E-state index contributed by atoms with van der Waals surface area (Å²) < 4.78 is 0. The number of Topliss-reactive ketones (excluding diaryl/α,β-unsaturated/α-hetero) is 1. The highest BCUT2D eigenvalue weighted by atomic mass is 35.5. The Bertz CT molecular complexity index is 579. The fraction of sp³-hybridized carbons (Fsp3) is 0.188. The fourth-order valence-electron chi connectivity index (χ4n) is 2.14. The second-order valence-electron chi connectivity index (χ2n) is 4.34. The van der Waals surface area contributed by atoms with Gasteiger partial charge in [0.1, 0.15) is 0 Å². The molecule has 0 aliphatic carbocycles. The van der Waals surface area contributed by atoms with Gasteiger partial charge in [0, 0.05) is 11.5 Å². The summed E-state index contributed by atoms with van der Waals surface area (Å²) in [5.74, 6) is -0.168. The Kier molecular flexibility index (Phi) is 4.62. The highest BCUT2D eigenvalue weighted by Crippen LogP contribution is 2.31. The van der Waals surface area contributed by atoms with E-state index in [9.17, 15) is 4.79 Å². The molecule has 0 saturated heterocycles. The number of benzene rings is 2. The molecule has 1 unspecified atom stereocenters. The molecule has 2 aromatic rings. The van der Waals surface area contributed by atoms with Gasteiger partial charge in [-0.1, -0.05) is 66.5 Å². The molecule has 1 atom stereocenters. The van der Waals surface area contributed by atoms with Crippen LogP contribution in [-0.4, -0.2) is 5.78 Å². The Morgan fingerprint density at radius 3 is 2.37 bits per heavy atom. The number of ketones is 1. The summed E-state index contributed by atoms with van der Waals surface area (Å²) in [5.41, 5.74) is 1.50. The summed E-state index contributed by atoms with van der Waals surface area (Å²) in [4.78, 5) is 12.6. The van der Waals surface area contributed by atoms with Gasteiger partial charge < -0.3 is 0 Å². The average molecular weight is 293 g/mol. The number of hydrogen-bond donors (Lipinski definition) is 0. The maximum atomic E-state index is 12.6. The first-order chi connectivity index (χ1) is 9.15. The summed E-state index contributed by atoms with van der Waals surface area (Å²) >= 11 is 12.1. The lowest BCUT2D eigenvalue weighted by Crippen LogP contribution is -2.12. The monoisotopic (exact) mass is 292 g/mol. The topological polar surface area (TPSA) is 17.1 Å². The van der Waals surface area contributed by atoms with Crippen LogP contribution in [0, 0.1) is 0 Å². The van der Waals surface area contributed by atoms with Gasteiger partial charge >= 0.3 is 0 Å². The van der Waals surface area contributed by atoms with Gasteiger partial charge in [-0.05, 0) is 24.1 Å². The molecule has 0 amide bonds. The molecule has 0 bridgehead atoms. The third-order valence-corrected chi connectivity index (χ3v) is 3.96. The highest BCUT2D eigenvalue weighted by molar-refractivity contribution is 6.44. The van der Waals surface area contributed by atoms with Crippen molar-refractivity contribution in [1.82, 2.24) is 0 Å². The summed E-state index contributed by atoms with van der Waals surface area (Å²) in [7, 11) is 0. The second kappa shape index (κ2) is 6.23. The molecule has 2 aromatic carbocycles. The quantitative estimate of drug-likeness (QED) is 0.692. The van der Waals surface area contributed by atoms with Crippen molar-refractivity contribution in [2.45, 2.75) is 19.3 Å². The molecule has 0 radical (unpaired) electrons. The standard InChI is InChI=1S/C16H14Cl2O/c1-2-12(11-7-4-3-5-8-11)16(19)13-9-6-10-14(17)15(13)18/h3-10,12H,2H2,1H3. The molecule has 0 aliphatic heterocycles. The van der Waals surface area contributed by atoms with E-state index < -0.39 is 0 Å². The minimum atomic E-state index is -0.183. The molecule has 0 aromatic heterocycles. The van der Waals surface area contributed by atoms with Crippen LogP contribution in [0.2, 0.25) is 10.0 Å². The second-order valence-corrected chi connectivity index (χ2v) is 5.12. The van der Waals surface area contributed by atoms with Gasteiger partial charge in [0.25, 0.3) is 0 Å². The van der Waals surface area contributed by atoms with Crippen LogP contribution in [0.3, 0.4) is 0 Å². The highest BCUT2D eigenvalue weighted by Gasteiger charge is 2.22. The minimum absolute atomic E-state index is 0.0150. The van der Waals surface area contributed by atoms with Crippen LogP contribution >= 0.6 is 23.2 Å². The lowest BCUT2D eigenvalue weighted by Gasteiger charge is -2.15. The van der Waals surface area contributed by atoms with Crippen LogP contribution in [-0.2, 0) is 0 Å². The van der Waals surface area contributed by atoms with E-state index in [2.05, 4.69) is 0 Å². The Morgan fingerprint density at radius 2 is 1.74 bits per heavy atom. The molecule has 0 fully saturated rings. The first kappa shape index (κ1) is 14.1. The number of carbonyl (C=O) groups excluding carboxylic acids is 1. The summed E-state index contributed by atoms with van der Waals surface area (Å²) in [6.45, 7) is 1.99.